The van der Waals surface area contributed by atoms with Gasteiger partial charge in [0.2, 0.25) is 0 Å². The van der Waals surface area contributed by atoms with E-state index in [1.165, 1.54) is 5.69 Å². The fraction of sp³-hybridized carbons (Fsp3) is 0.615. The van der Waals surface area contributed by atoms with Gasteiger partial charge in [0.15, 0.2) is 0 Å². The van der Waals surface area contributed by atoms with E-state index in [0.717, 1.165) is 36.8 Å². The second kappa shape index (κ2) is 4.91. The summed E-state index contributed by atoms with van der Waals surface area (Å²) in [6, 6.07) is 0.287. The van der Waals surface area contributed by atoms with Crippen molar-refractivity contribution in [3.05, 3.63) is 28.0 Å². The topological polar surface area (TPSA) is 56.1 Å². The van der Waals surface area contributed by atoms with Gasteiger partial charge in [0.25, 0.3) is 0 Å². The molecule has 1 saturated heterocycles. The van der Waals surface area contributed by atoms with E-state index in [1.807, 2.05) is 4.68 Å². The first-order valence-electron chi connectivity index (χ1n) is 6.93. The lowest BCUT2D eigenvalue weighted by atomic mass is 10.0. The van der Waals surface area contributed by atoms with Crippen LogP contribution in [-0.4, -0.2) is 44.1 Å². The molecule has 20 heavy (non-hydrogen) atoms. The fourth-order valence-electron chi connectivity index (χ4n) is 3.10. The SMILES string of the molecule is Cc1nc(CN2CC[C@@H]3OCc4cnnn4[C@@H]3C2)cs1. The Kier molecular flexibility index (Phi) is 3.05. The molecule has 6 nitrogen and oxygen atoms in total. The Hall–Kier alpha value is -1.31. The minimum Gasteiger partial charge on any atom is -0.370 e. The van der Waals surface area contributed by atoms with E-state index in [1.54, 1.807) is 17.5 Å². The van der Waals surface area contributed by atoms with Crippen LogP contribution in [0.1, 0.15) is 28.9 Å². The summed E-state index contributed by atoms with van der Waals surface area (Å²) in [5.41, 5.74) is 2.25. The van der Waals surface area contributed by atoms with Crippen molar-refractivity contribution in [2.45, 2.75) is 38.6 Å². The van der Waals surface area contributed by atoms with Crippen LogP contribution in [0.3, 0.4) is 0 Å². The Labute approximate surface area is 121 Å². The van der Waals surface area contributed by atoms with E-state index in [4.69, 9.17) is 4.74 Å². The molecule has 0 amide bonds. The molecule has 0 radical (unpaired) electrons. The van der Waals surface area contributed by atoms with Crippen LogP contribution in [0.5, 0.6) is 0 Å². The number of ether oxygens (including phenoxy) is 1. The second-order valence-corrected chi connectivity index (χ2v) is 6.53. The van der Waals surface area contributed by atoms with Crippen LogP contribution in [-0.2, 0) is 17.9 Å². The highest BCUT2D eigenvalue weighted by atomic mass is 32.1. The van der Waals surface area contributed by atoms with Crippen molar-refractivity contribution in [3.8, 4) is 0 Å². The summed E-state index contributed by atoms with van der Waals surface area (Å²) >= 11 is 1.72. The van der Waals surface area contributed by atoms with Crippen LogP contribution >= 0.6 is 11.3 Å². The molecule has 0 aliphatic carbocycles. The van der Waals surface area contributed by atoms with Gasteiger partial charge in [0.1, 0.15) is 0 Å². The summed E-state index contributed by atoms with van der Waals surface area (Å²) in [4.78, 5) is 6.99. The van der Waals surface area contributed by atoms with Gasteiger partial charge in [-0.1, -0.05) is 5.21 Å². The molecule has 0 aromatic carbocycles. The molecular formula is C13H17N5OS. The minimum atomic E-state index is 0.276. The lowest BCUT2D eigenvalue weighted by Gasteiger charge is -2.40. The monoisotopic (exact) mass is 291 g/mol. The summed E-state index contributed by atoms with van der Waals surface area (Å²) in [6.45, 7) is 5.62. The largest absolute Gasteiger partial charge is 0.370 e. The number of rotatable bonds is 2. The normalized spacial score (nSPS) is 26.2. The lowest BCUT2D eigenvalue weighted by Crippen LogP contribution is -2.47. The predicted octanol–water partition coefficient (Wildman–Crippen LogP) is 1.39. The first-order valence-corrected chi connectivity index (χ1v) is 7.81. The number of piperidine rings is 1. The van der Waals surface area contributed by atoms with Crippen molar-refractivity contribution in [1.82, 2.24) is 24.9 Å². The molecule has 7 heteroatoms. The Balaban J connectivity index is 1.51. The number of fused-ring (bicyclic) bond motifs is 3. The fourth-order valence-corrected chi connectivity index (χ4v) is 3.70. The van der Waals surface area contributed by atoms with E-state index in [0.29, 0.717) is 6.61 Å². The van der Waals surface area contributed by atoms with Gasteiger partial charge in [-0.3, -0.25) is 4.90 Å². The zero-order chi connectivity index (χ0) is 13.5. The van der Waals surface area contributed by atoms with Gasteiger partial charge in [-0.2, -0.15) is 0 Å². The molecule has 0 spiro atoms. The van der Waals surface area contributed by atoms with Gasteiger partial charge >= 0.3 is 0 Å². The van der Waals surface area contributed by atoms with E-state index < -0.39 is 0 Å². The van der Waals surface area contributed by atoms with Crippen molar-refractivity contribution >= 4 is 11.3 Å². The number of hydrogen-bond donors (Lipinski definition) is 0. The number of likely N-dealkylation sites (tertiary alicyclic amines) is 1. The average molecular weight is 291 g/mol. The maximum absolute atomic E-state index is 5.93. The summed E-state index contributed by atoms with van der Waals surface area (Å²) in [7, 11) is 0. The molecular weight excluding hydrogens is 274 g/mol. The van der Waals surface area contributed by atoms with Gasteiger partial charge in [0.05, 0.1) is 41.3 Å². The van der Waals surface area contributed by atoms with Crippen molar-refractivity contribution in [2.75, 3.05) is 13.1 Å². The van der Waals surface area contributed by atoms with Gasteiger partial charge in [-0.25, -0.2) is 9.67 Å². The van der Waals surface area contributed by atoms with Gasteiger partial charge < -0.3 is 4.74 Å². The Morgan fingerprint density at radius 3 is 3.30 bits per heavy atom. The molecule has 2 atom stereocenters. The average Bonchev–Trinajstić information content (AvgIpc) is 3.07. The summed E-state index contributed by atoms with van der Waals surface area (Å²) in [5.74, 6) is 0. The third-order valence-corrected chi connectivity index (χ3v) is 4.89. The van der Waals surface area contributed by atoms with E-state index in [2.05, 4.69) is 32.5 Å². The number of thiazole rings is 1. The Morgan fingerprint density at radius 1 is 1.50 bits per heavy atom. The second-order valence-electron chi connectivity index (χ2n) is 5.47. The van der Waals surface area contributed by atoms with Crippen LogP contribution in [0, 0.1) is 6.92 Å². The van der Waals surface area contributed by atoms with Gasteiger partial charge in [-0.05, 0) is 13.3 Å². The third-order valence-electron chi connectivity index (χ3n) is 4.06. The maximum atomic E-state index is 5.93. The van der Waals surface area contributed by atoms with Gasteiger partial charge in [0, 0.05) is 25.0 Å². The molecule has 2 aliphatic rings. The first kappa shape index (κ1) is 12.4. The Bertz CT molecular complexity index is 609. The molecule has 0 N–H and O–H groups in total. The molecule has 2 aromatic heterocycles. The van der Waals surface area contributed by atoms with E-state index in [9.17, 15) is 0 Å². The van der Waals surface area contributed by atoms with Crippen LogP contribution in [0.15, 0.2) is 11.6 Å². The van der Waals surface area contributed by atoms with Crippen molar-refractivity contribution in [3.63, 3.8) is 0 Å². The highest BCUT2D eigenvalue weighted by Gasteiger charge is 2.36. The molecule has 2 aliphatic heterocycles. The zero-order valence-electron chi connectivity index (χ0n) is 11.4. The molecule has 2 aromatic rings. The lowest BCUT2D eigenvalue weighted by molar-refractivity contribution is -0.0671. The molecule has 106 valence electrons. The molecule has 4 heterocycles. The minimum absolute atomic E-state index is 0.276. The smallest absolute Gasteiger partial charge is 0.0930 e. The number of aryl methyl sites for hydroxylation is 1. The number of hydrogen-bond acceptors (Lipinski definition) is 6. The van der Waals surface area contributed by atoms with E-state index >= 15 is 0 Å². The van der Waals surface area contributed by atoms with E-state index in [-0.39, 0.29) is 12.1 Å². The maximum Gasteiger partial charge on any atom is 0.0930 e. The summed E-state index contributed by atoms with van der Waals surface area (Å²) in [5, 5.41) is 11.5. The molecule has 0 bridgehead atoms. The summed E-state index contributed by atoms with van der Waals surface area (Å²) in [6.07, 6.45) is 3.13. The molecule has 1 fully saturated rings. The molecule has 0 saturated carbocycles. The number of aromatic nitrogens is 4. The molecule has 0 unspecified atom stereocenters. The number of nitrogens with zero attached hydrogens (tertiary/aromatic N) is 5. The van der Waals surface area contributed by atoms with Crippen molar-refractivity contribution in [1.29, 1.82) is 0 Å². The van der Waals surface area contributed by atoms with Gasteiger partial charge in [-0.15, -0.1) is 16.4 Å². The highest BCUT2D eigenvalue weighted by Crippen LogP contribution is 2.30. The summed E-state index contributed by atoms with van der Waals surface area (Å²) < 4.78 is 7.98. The van der Waals surface area contributed by atoms with Crippen LogP contribution in [0.25, 0.3) is 0 Å². The van der Waals surface area contributed by atoms with Crippen LogP contribution < -0.4 is 0 Å². The van der Waals surface area contributed by atoms with Crippen LogP contribution in [0.4, 0.5) is 0 Å². The predicted molar refractivity (Wildman–Crippen MR) is 74.4 cm³/mol. The van der Waals surface area contributed by atoms with Crippen molar-refractivity contribution in [2.24, 2.45) is 0 Å². The quantitative estimate of drug-likeness (QED) is 0.837. The van der Waals surface area contributed by atoms with Crippen molar-refractivity contribution < 1.29 is 4.74 Å². The molecule has 4 rings (SSSR count). The standard InChI is InChI=1S/C13H17N5OS/c1-9-15-10(8-20-9)5-17-3-2-13-12(6-17)18-11(7-19-13)4-14-16-18/h4,8,12-13H,2-3,5-7H2,1H3/t12-,13+/m1/s1. The van der Waals surface area contributed by atoms with Crippen LogP contribution in [0.2, 0.25) is 0 Å². The third kappa shape index (κ3) is 2.15. The first-order chi connectivity index (χ1) is 9.79. The Morgan fingerprint density at radius 2 is 2.45 bits per heavy atom. The highest BCUT2D eigenvalue weighted by molar-refractivity contribution is 7.09. The zero-order valence-corrected chi connectivity index (χ0v) is 12.2.